The van der Waals surface area contributed by atoms with E-state index >= 15 is 0 Å². The molecule has 0 radical (unpaired) electrons. The quantitative estimate of drug-likeness (QED) is 0.897. The molecule has 0 aliphatic carbocycles. The predicted molar refractivity (Wildman–Crippen MR) is 79.6 cm³/mol. The molecule has 4 nitrogen and oxygen atoms in total. The molecule has 0 spiro atoms. The van der Waals surface area contributed by atoms with E-state index in [0.29, 0.717) is 25.8 Å². The van der Waals surface area contributed by atoms with Crippen LogP contribution in [0.25, 0.3) is 0 Å². The van der Waals surface area contributed by atoms with Gasteiger partial charge in [0.25, 0.3) is 5.91 Å². The second kappa shape index (κ2) is 7.00. The Morgan fingerprint density at radius 1 is 1.33 bits per heavy atom. The van der Waals surface area contributed by atoms with Gasteiger partial charge in [0.1, 0.15) is 11.4 Å². The molecule has 1 amide bonds. The first-order valence-electron chi connectivity index (χ1n) is 7.33. The number of likely N-dealkylation sites (N-methyl/N-ethyl adjacent to an activating group) is 1. The Bertz CT molecular complexity index is 470. The minimum atomic E-state index is -0.692. The van der Waals surface area contributed by atoms with Crippen molar-refractivity contribution in [2.24, 2.45) is 0 Å². The number of nitrogens with one attached hydrogen (secondary N) is 1. The van der Waals surface area contributed by atoms with Crippen LogP contribution in [-0.4, -0.2) is 50.2 Å². The monoisotopic (exact) mass is 294 g/mol. The Morgan fingerprint density at radius 3 is 2.52 bits per heavy atom. The molecule has 1 aromatic rings. The third-order valence-corrected chi connectivity index (χ3v) is 4.19. The van der Waals surface area contributed by atoms with Crippen LogP contribution in [0, 0.1) is 5.82 Å². The van der Waals surface area contributed by atoms with Gasteiger partial charge in [-0.1, -0.05) is 12.1 Å². The van der Waals surface area contributed by atoms with E-state index < -0.39 is 5.60 Å². The first-order valence-corrected chi connectivity index (χ1v) is 7.33. The number of halogens is 1. The molecule has 5 heteroatoms. The number of hydrogen-bond donors (Lipinski definition) is 1. The normalized spacial score (nSPS) is 17.5. The molecule has 1 saturated heterocycles. The molecule has 1 aromatic carbocycles. The van der Waals surface area contributed by atoms with Crippen LogP contribution in [0.5, 0.6) is 0 Å². The average molecular weight is 294 g/mol. The molecule has 1 heterocycles. The Kier molecular flexibility index (Phi) is 5.31. The summed E-state index contributed by atoms with van der Waals surface area (Å²) in [4.78, 5) is 14.4. The number of rotatable bonds is 5. The molecular weight excluding hydrogens is 271 g/mol. The van der Waals surface area contributed by atoms with E-state index in [4.69, 9.17) is 4.74 Å². The van der Waals surface area contributed by atoms with E-state index in [9.17, 15) is 9.18 Å². The van der Waals surface area contributed by atoms with E-state index in [1.807, 2.05) is 0 Å². The number of amides is 1. The molecule has 0 bridgehead atoms. The van der Waals surface area contributed by atoms with Gasteiger partial charge in [-0.05, 0) is 50.0 Å². The zero-order valence-corrected chi connectivity index (χ0v) is 12.7. The summed E-state index contributed by atoms with van der Waals surface area (Å²) in [6, 6.07) is 6.40. The third kappa shape index (κ3) is 3.80. The highest BCUT2D eigenvalue weighted by Crippen LogP contribution is 2.24. The van der Waals surface area contributed by atoms with Gasteiger partial charge in [0.2, 0.25) is 0 Å². The van der Waals surface area contributed by atoms with Crippen molar-refractivity contribution in [1.29, 1.82) is 0 Å². The maximum absolute atomic E-state index is 12.9. The summed E-state index contributed by atoms with van der Waals surface area (Å²) in [6.07, 6.45) is 2.10. The average Bonchev–Trinajstić information content (AvgIpc) is 2.54. The van der Waals surface area contributed by atoms with Gasteiger partial charge in [-0.25, -0.2) is 4.39 Å². The van der Waals surface area contributed by atoms with Gasteiger partial charge in [-0.3, -0.25) is 4.79 Å². The SMILES string of the molecule is COC1(C(=O)N(C)CCc2ccc(F)cc2)CCNCC1. The molecule has 0 saturated carbocycles. The van der Waals surface area contributed by atoms with Crippen LogP contribution in [0.2, 0.25) is 0 Å². The Labute approximate surface area is 125 Å². The predicted octanol–water partition coefficient (Wildman–Crippen LogP) is 1.60. The lowest BCUT2D eigenvalue weighted by atomic mass is 9.90. The van der Waals surface area contributed by atoms with Gasteiger partial charge >= 0.3 is 0 Å². The number of methoxy groups -OCH3 is 1. The highest BCUT2D eigenvalue weighted by atomic mass is 19.1. The summed E-state index contributed by atoms with van der Waals surface area (Å²) in [7, 11) is 3.41. The number of nitrogens with zero attached hydrogens (tertiary/aromatic N) is 1. The second-order valence-corrected chi connectivity index (χ2v) is 5.55. The van der Waals surface area contributed by atoms with Crippen LogP contribution in [0.3, 0.4) is 0 Å². The van der Waals surface area contributed by atoms with Crippen molar-refractivity contribution in [3.8, 4) is 0 Å². The fraction of sp³-hybridized carbons (Fsp3) is 0.562. The topological polar surface area (TPSA) is 41.6 Å². The van der Waals surface area contributed by atoms with E-state index in [2.05, 4.69) is 5.32 Å². The summed E-state index contributed by atoms with van der Waals surface area (Å²) in [5.74, 6) is -0.204. The van der Waals surface area contributed by atoms with Crippen LogP contribution >= 0.6 is 0 Å². The summed E-state index contributed by atoms with van der Waals surface area (Å²) in [6.45, 7) is 2.19. The zero-order valence-electron chi connectivity index (χ0n) is 12.7. The fourth-order valence-corrected chi connectivity index (χ4v) is 2.73. The molecule has 116 valence electrons. The first kappa shape index (κ1) is 15.9. The largest absolute Gasteiger partial charge is 0.368 e. The van der Waals surface area contributed by atoms with Crippen molar-refractivity contribution in [3.63, 3.8) is 0 Å². The van der Waals surface area contributed by atoms with Crippen molar-refractivity contribution in [3.05, 3.63) is 35.6 Å². The van der Waals surface area contributed by atoms with Gasteiger partial charge in [0.05, 0.1) is 0 Å². The van der Waals surface area contributed by atoms with Crippen LogP contribution in [0.1, 0.15) is 18.4 Å². The molecule has 0 aromatic heterocycles. The maximum Gasteiger partial charge on any atom is 0.254 e. The number of carbonyl (C=O) groups is 1. The number of ether oxygens (including phenoxy) is 1. The Balaban J connectivity index is 1.93. The van der Waals surface area contributed by atoms with E-state index in [-0.39, 0.29) is 11.7 Å². The molecule has 1 aliphatic heterocycles. The standard InChI is InChI=1S/C16H23FN2O2/c1-19(12-7-13-3-5-14(17)6-4-13)15(20)16(21-2)8-10-18-11-9-16/h3-6,18H,7-12H2,1-2H3. The minimum absolute atomic E-state index is 0.0358. The van der Waals surface area contributed by atoms with Gasteiger partial charge in [-0.2, -0.15) is 0 Å². The van der Waals surface area contributed by atoms with Crippen LogP contribution in [-0.2, 0) is 16.0 Å². The Morgan fingerprint density at radius 2 is 1.95 bits per heavy atom. The molecule has 1 fully saturated rings. The van der Waals surface area contributed by atoms with Crippen molar-refractivity contribution < 1.29 is 13.9 Å². The van der Waals surface area contributed by atoms with Gasteiger partial charge in [0, 0.05) is 20.7 Å². The summed E-state index contributed by atoms with van der Waals surface area (Å²) in [5.41, 5.74) is 0.329. The van der Waals surface area contributed by atoms with E-state index in [1.165, 1.54) is 12.1 Å². The second-order valence-electron chi connectivity index (χ2n) is 5.55. The van der Waals surface area contributed by atoms with Crippen LogP contribution in [0.15, 0.2) is 24.3 Å². The number of piperidine rings is 1. The summed E-state index contributed by atoms with van der Waals surface area (Å²) in [5, 5.41) is 3.24. The molecule has 21 heavy (non-hydrogen) atoms. The molecule has 2 rings (SSSR count). The van der Waals surface area contributed by atoms with Gasteiger partial charge < -0.3 is 15.0 Å². The van der Waals surface area contributed by atoms with E-state index in [0.717, 1.165) is 18.7 Å². The van der Waals surface area contributed by atoms with Crippen molar-refractivity contribution >= 4 is 5.91 Å². The first-order chi connectivity index (χ1) is 10.1. The highest BCUT2D eigenvalue weighted by molar-refractivity contribution is 5.85. The lowest BCUT2D eigenvalue weighted by molar-refractivity contribution is -0.156. The fourth-order valence-electron chi connectivity index (χ4n) is 2.73. The Hall–Kier alpha value is -1.46. The van der Waals surface area contributed by atoms with Crippen molar-refractivity contribution in [2.45, 2.75) is 24.9 Å². The maximum atomic E-state index is 12.9. The zero-order chi connectivity index (χ0) is 15.3. The highest BCUT2D eigenvalue weighted by Gasteiger charge is 2.41. The van der Waals surface area contributed by atoms with Crippen LogP contribution in [0.4, 0.5) is 4.39 Å². The number of carbonyl (C=O) groups excluding carboxylic acids is 1. The molecule has 0 atom stereocenters. The van der Waals surface area contributed by atoms with Crippen molar-refractivity contribution in [2.75, 3.05) is 33.8 Å². The number of benzene rings is 1. The van der Waals surface area contributed by atoms with Crippen LogP contribution < -0.4 is 5.32 Å². The van der Waals surface area contributed by atoms with Gasteiger partial charge in [-0.15, -0.1) is 0 Å². The molecule has 1 N–H and O–H groups in total. The lowest BCUT2D eigenvalue weighted by Gasteiger charge is -2.37. The third-order valence-electron chi connectivity index (χ3n) is 4.19. The van der Waals surface area contributed by atoms with E-state index in [1.54, 1.807) is 31.2 Å². The molecular formula is C16H23FN2O2. The van der Waals surface area contributed by atoms with Gasteiger partial charge in [0.15, 0.2) is 0 Å². The summed E-state index contributed by atoms with van der Waals surface area (Å²) < 4.78 is 18.4. The smallest absolute Gasteiger partial charge is 0.254 e. The minimum Gasteiger partial charge on any atom is -0.368 e. The van der Waals surface area contributed by atoms with Crippen molar-refractivity contribution in [1.82, 2.24) is 10.2 Å². The molecule has 1 aliphatic rings. The summed E-state index contributed by atoms with van der Waals surface area (Å²) >= 11 is 0. The lowest BCUT2D eigenvalue weighted by Crippen LogP contribution is -2.54. The molecule has 0 unspecified atom stereocenters. The number of hydrogen-bond acceptors (Lipinski definition) is 3.